The minimum Gasteiger partial charge on any atom is -0.756 e. The van der Waals surface area contributed by atoms with Crippen LogP contribution in [0.3, 0.4) is 0 Å². The fourth-order valence-corrected chi connectivity index (χ4v) is 10.5. The average Bonchev–Trinajstić information content (AvgIpc) is 0.922. The fraction of sp³-hybridized carbons (Fsp3) is 0.771. The summed E-state index contributed by atoms with van der Waals surface area (Å²) in [5.41, 5.74) is 0. The molecule has 58 nitrogen and oxygen atoms in total. The fourth-order valence-electron chi connectivity index (χ4n) is 7.53. The van der Waals surface area contributed by atoms with Crippen molar-refractivity contribution in [1.82, 2.24) is 42.5 Å². The number of ether oxygens (including phenoxy) is 18. The molecule has 0 spiro atoms. The van der Waals surface area contributed by atoms with Gasteiger partial charge in [-0.1, -0.05) is 0 Å². The molecule has 8 amide bonds. The van der Waals surface area contributed by atoms with Crippen molar-refractivity contribution in [2.24, 2.45) is 0 Å². The van der Waals surface area contributed by atoms with Gasteiger partial charge in [0, 0.05) is 107 Å². The molecule has 0 bridgehead atoms. The van der Waals surface area contributed by atoms with Crippen molar-refractivity contribution in [1.29, 1.82) is 0 Å². The van der Waals surface area contributed by atoms with Gasteiger partial charge in [-0.05, 0) is 55.4 Å². The van der Waals surface area contributed by atoms with Crippen LogP contribution < -0.4 is 62.1 Å². The lowest BCUT2D eigenvalue weighted by atomic mass is 10.4. The smallest absolute Gasteiger partial charge is 0.407 e. The first-order valence-electron chi connectivity index (χ1n) is 39.7. The Balaban J connectivity index is -0.000000828. The van der Waals surface area contributed by atoms with E-state index in [1.54, 1.807) is 41.5 Å². The summed E-state index contributed by atoms with van der Waals surface area (Å²) >= 11 is 0. The molecule has 0 saturated heterocycles. The zero-order chi connectivity index (χ0) is 101. The van der Waals surface area contributed by atoms with E-state index in [2.05, 4.69) is 97.7 Å². The number of rotatable bonds is 66. The third-order valence-corrected chi connectivity index (χ3v) is 16.2. The van der Waals surface area contributed by atoms with E-state index >= 15 is 0 Å². The van der Waals surface area contributed by atoms with Gasteiger partial charge in [-0.25, -0.2) is 33.6 Å². The predicted molar refractivity (Wildman–Crippen MR) is 433 cm³/mol. The Morgan fingerprint density at radius 1 is 0.250 bits per heavy atom. The summed E-state index contributed by atoms with van der Waals surface area (Å²) in [6, 6.07) is -0.304. The Bertz CT molecular complexity index is 3360. The van der Waals surface area contributed by atoms with Gasteiger partial charge in [0.2, 0.25) is 5.91 Å². The van der Waals surface area contributed by atoms with Gasteiger partial charge in [0.15, 0.2) is 24.4 Å². The molecule has 0 radical (unpaired) electrons. The lowest BCUT2D eigenvalue weighted by molar-refractivity contribution is -0.229. The second-order valence-electron chi connectivity index (χ2n) is 26.2. The quantitative estimate of drug-likeness (QED) is 0.0144. The molecule has 62 heteroatoms. The molecule has 0 heterocycles. The standard InChI is InChI=1S/C18H34N3O12P.C18H33N2O13P.C17H31N2O12P.C17H30NO13P/c1-13(2)21-17(24)19-5-7-28-9-10-29-18(25)20-6-8-31-34(26,27)32-12-16(33-15(4)23)11-30-14(3)22;1-13(2)32-18(24)20-5-7-27-9-10-28-17(23)19-6-8-30-34(25,26)31-12-16(33-15(4)22)11-29-14(3)21;1-12(2)19-16(22)11-26-7-8-27-17(23)18-5-6-29-32(24,25)30-10-15(31-14(4)21)9-28-13(3)20;1-12(2)30-16(21)11-25-7-8-26-17(22)18-5-6-28-32(23,24)29-10-15(31-14(4)20)9-27-13(3)19/h13,16H,5-12H2,1-4H3,(H,20,25)(H,26,27)(H2,19,21,24);13,16H,5-12H2,1-4H3,(H,19,23)(H,20,24)(H,25,26);12,15H,5-11H2,1-4H3,(H,18,23)(H,19,22)(H,24,25);12,15H,5-11H2,1-4H3,(H,18,22)(H,23,24)/p-4/t2*16-;2*15-/m1111/s1. The SMILES string of the molecule is CC(=O)OC[C@H](COP(=O)([O-])OCCNC(=O)OCCOCC(=O)NC(C)C)OC(C)=O.CC(=O)OC[C@H](COP(=O)([O-])OCCNC(=O)OCCOCC(=O)OC(C)C)OC(C)=O.CC(=O)OC[C@H](COP(=O)([O-])OCCNC(=O)OCCOCCNC(=O)NC(C)C)OC(C)=O.CC(=O)OC[C@H](COP(=O)([O-])OCCNC(=O)OCCOCCNC(=O)OC(C)C)OC(C)=O. The number of carbonyl (C=O) groups is 16. The van der Waals surface area contributed by atoms with E-state index in [-0.39, 0.29) is 155 Å². The van der Waals surface area contributed by atoms with Gasteiger partial charge in [0.1, 0.15) is 66.1 Å². The van der Waals surface area contributed by atoms with E-state index in [1.165, 1.54) is 0 Å². The summed E-state index contributed by atoms with van der Waals surface area (Å²) in [5, 5.41) is 19.3. The molecule has 0 aliphatic heterocycles. The second-order valence-corrected chi connectivity index (χ2v) is 31.9. The largest absolute Gasteiger partial charge is 0.756 e. The molecule has 8 N–H and O–H groups in total. The first kappa shape index (κ1) is 129. The molecule has 0 aromatic carbocycles. The van der Waals surface area contributed by atoms with Crippen LogP contribution in [0.15, 0.2) is 0 Å². The monoisotopic (exact) mass is 2000 g/mol. The highest BCUT2D eigenvalue weighted by molar-refractivity contribution is 7.46. The van der Waals surface area contributed by atoms with Crippen molar-refractivity contribution in [3.63, 3.8) is 0 Å². The first-order valence-corrected chi connectivity index (χ1v) is 45.5. The maximum absolute atomic E-state index is 11.7. The van der Waals surface area contributed by atoms with Gasteiger partial charge >= 0.3 is 90.2 Å². The number of nitrogens with one attached hydrogen (secondary N) is 8. The van der Waals surface area contributed by atoms with Gasteiger partial charge in [-0.3, -0.25) is 61.4 Å². The molecule has 768 valence electrons. The highest BCUT2D eigenvalue weighted by atomic mass is 31.2. The number of carbonyl (C=O) groups excluding carboxylic acids is 16. The minimum absolute atomic E-state index is 0.00409. The molecule has 4 unspecified atom stereocenters. The Kier molecular flexibility index (Phi) is 76.1. The van der Waals surface area contributed by atoms with E-state index in [9.17, 15) is 115 Å². The normalized spacial score (nSPS) is 13.5. The number of urea groups is 1. The van der Waals surface area contributed by atoms with Crippen LogP contribution >= 0.6 is 31.3 Å². The molecular weight excluding hydrogens is 1880 g/mol. The van der Waals surface area contributed by atoms with Gasteiger partial charge in [0.25, 0.3) is 31.3 Å². The summed E-state index contributed by atoms with van der Waals surface area (Å²) in [6.07, 6.45) is -8.99. The Labute approximate surface area is 760 Å². The van der Waals surface area contributed by atoms with Crippen LogP contribution in [-0.4, -0.2) is 343 Å². The molecule has 0 fully saturated rings. The summed E-state index contributed by atoms with van der Waals surface area (Å²) in [4.78, 5) is 225. The topological polar surface area (TPSA) is 770 Å². The highest BCUT2D eigenvalue weighted by Gasteiger charge is 2.25. The molecule has 0 rings (SSSR count). The summed E-state index contributed by atoms with van der Waals surface area (Å²) in [5.74, 6) is -6.33. The van der Waals surface area contributed by atoms with Crippen LogP contribution in [0.1, 0.15) is 111 Å². The van der Waals surface area contributed by atoms with Crippen molar-refractivity contribution >= 4 is 127 Å². The van der Waals surface area contributed by atoms with Crippen molar-refractivity contribution in [3.8, 4) is 0 Å². The van der Waals surface area contributed by atoms with E-state index in [1.807, 2.05) is 13.8 Å². The van der Waals surface area contributed by atoms with Crippen molar-refractivity contribution in [2.45, 2.75) is 159 Å². The lowest BCUT2D eigenvalue weighted by Gasteiger charge is -2.25. The van der Waals surface area contributed by atoms with Gasteiger partial charge in [-0.15, -0.1) is 0 Å². The van der Waals surface area contributed by atoms with E-state index in [4.69, 9.17) is 66.3 Å². The highest BCUT2D eigenvalue weighted by Crippen LogP contribution is 2.40. The number of esters is 9. The molecule has 0 aliphatic carbocycles. The maximum atomic E-state index is 11.7. The molecule has 132 heavy (non-hydrogen) atoms. The lowest BCUT2D eigenvalue weighted by Crippen LogP contribution is -2.40. The molecule has 0 saturated carbocycles. The van der Waals surface area contributed by atoms with Crippen molar-refractivity contribution in [3.05, 3.63) is 0 Å². The second kappa shape index (κ2) is 78.0. The predicted octanol–water partition coefficient (Wildman–Crippen LogP) is -1.78. The zero-order valence-corrected chi connectivity index (χ0v) is 79.6. The zero-order valence-electron chi connectivity index (χ0n) is 76.0. The third kappa shape index (κ3) is 95.2. The van der Waals surface area contributed by atoms with Gasteiger partial charge in [-0.2, -0.15) is 0 Å². The number of amides is 8. The van der Waals surface area contributed by atoms with Gasteiger partial charge in [0.05, 0.1) is 105 Å². The number of phosphoric acid groups is 4. The van der Waals surface area contributed by atoms with Crippen LogP contribution in [-0.2, 0) is 188 Å². The Hall–Kier alpha value is -9.40. The molecule has 8 atom stereocenters. The van der Waals surface area contributed by atoms with E-state index in [0.717, 1.165) is 55.4 Å². The van der Waals surface area contributed by atoms with E-state index < -0.39 is 219 Å². The third-order valence-electron chi connectivity index (χ3n) is 12.3. The average molecular weight is 2000 g/mol. The molecular formula is C70H124N8O50P4-4. The van der Waals surface area contributed by atoms with Crippen molar-refractivity contribution < 1.29 is 236 Å². The minimum atomic E-state index is -4.78. The van der Waals surface area contributed by atoms with Crippen molar-refractivity contribution in [2.75, 3.05) is 198 Å². The molecule has 0 aliphatic rings. The Morgan fingerprint density at radius 3 is 0.758 bits per heavy atom. The maximum Gasteiger partial charge on any atom is 0.407 e. The molecule has 0 aromatic rings. The number of phosphoric ester groups is 4. The van der Waals surface area contributed by atoms with Crippen LogP contribution in [0, 0.1) is 0 Å². The Morgan fingerprint density at radius 2 is 0.500 bits per heavy atom. The van der Waals surface area contributed by atoms with Gasteiger partial charge < -0.3 is 184 Å². The van der Waals surface area contributed by atoms with Crippen LogP contribution in [0.25, 0.3) is 0 Å². The first-order chi connectivity index (χ1) is 61.6. The molecule has 0 aromatic heterocycles. The summed E-state index contributed by atoms with van der Waals surface area (Å²) in [6.45, 7) is 16.4. The summed E-state index contributed by atoms with van der Waals surface area (Å²) in [7, 11) is -19.1. The summed E-state index contributed by atoms with van der Waals surface area (Å²) < 4.78 is 170. The van der Waals surface area contributed by atoms with Crippen LogP contribution in [0.4, 0.5) is 28.8 Å². The number of alkyl carbamates (subject to hydrolysis) is 5. The van der Waals surface area contributed by atoms with Crippen LogP contribution in [0.2, 0.25) is 0 Å². The van der Waals surface area contributed by atoms with E-state index in [0.29, 0.717) is 0 Å². The van der Waals surface area contributed by atoms with Crippen LogP contribution in [0.5, 0.6) is 0 Å². The number of hydrogen-bond donors (Lipinski definition) is 8. The number of hydrogen-bond acceptors (Lipinski definition) is 50.